The molecule has 154 valence electrons. The van der Waals surface area contributed by atoms with Crippen molar-refractivity contribution in [2.45, 2.75) is 66.6 Å². The van der Waals surface area contributed by atoms with E-state index in [1.54, 1.807) is 6.20 Å². The predicted molar refractivity (Wildman–Crippen MR) is 98.6 cm³/mol. The van der Waals surface area contributed by atoms with Gasteiger partial charge in [-0.3, -0.25) is 9.67 Å². The van der Waals surface area contributed by atoms with Crippen LogP contribution in [0.15, 0.2) is 12.3 Å². The summed E-state index contributed by atoms with van der Waals surface area (Å²) in [6.07, 6.45) is -0.737. The van der Waals surface area contributed by atoms with Gasteiger partial charge in [0.25, 0.3) is 0 Å². The van der Waals surface area contributed by atoms with Crippen molar-refractivity contribution in [2.24, 2.45) is 5.92 Å². The standard InChI is InChI=1S/C19H26F3N3.CO2/c1-6-14-10-15(9-12(4)19(20,21)22)23-11-16(14)18-13(5)17(7-2)24-25(18)8-3;2-1-3/h10-12H,6-9H2,1-5H3;/t12-;/m1./s1. The molecule has 0 N–H and O–H groups in total. The molecule has 1 atom stereocenters. The van der Waals surface area contributed by atoms with E-state index < -0.39 is 12.1 Å². The van der Waals surface area contributed by atoms with Crippen LogP contribution < -0.4 is 0 Å². The van der Waals surface area contributed by atoms with Gasteiger partial charge in [-0.15, -0.1) is 0 Å². The molecule has 0 bridgehead atoms. The number of pyridine rings is 1. The molecule has 0 unspecified atom stereocenters. The van der Waals surface area contributed by atoms with Gasteiger partial charge < -0.3 is 0 Å². The molecule has 0 radical (unpaired) electrons. The van der Waals surface area contributed by atoms with Crippen molar-refractivity contribution in [2.75, 3.05) is 0 Å². The van der Waals surface area contributed by atoms with Crippen LogP contribution in [0.2, 0.25) is 0 Å². The molecule has 0 saturated carbocycles. The summed E-state index contributed by atoms with van der Waals surface area (Å²) in [6, 6.07) is 1.82. The van der Waals surface area contributed by atoms with E-state index in [9.17, 15) is 13.2 Å². The molecule has 8 heteroatoms. The molecule has 0 aliphatic carbocycles. The van der Waals surface area contributed by atoms with E-state index in [0.29, 0.717) is 5.69 Å². The molecule has 0 aliphatic rings. The second-order valence-corrected chi connectivity index (χ2v) is 6.51. The Hall–Kier alpha value is -2.47. The maximum absolute atomic E-state index is 12.8. The number of halogens is 3. The molecular weight excluding hydrogens is 371 g/mol. The summed E-state index contributed by atoms with van der Waals surface area (Å²) in [6.45, 7) is 10.1. The van der Waals surface area contributed by atoms with E-state index in [2.05, 4.69) is 17.0 Å². The van der Waals surface area contributed by atoms with Crippen LogP contribution in [-0.2, 0) is 35.4 Å². The summed E-state index contributed by atoms with van der Waals surface area (Å²) in [4.78, 5) is 20.6. The van der Waals surface area contributed by atoms with Gasteiger partial charge in [-0.25, -0.2) is 0 Å². The zero-order chi connectivity index (χ0) is 21.5. The maximum atomic E-state index is 12.8. The van der Waals surface area contributed by atoms with Crippen molar-refractivity contribution >= 4 is 6.15 Å². The fourth-order valence-corrected chi connectivity index (χ4v) is 3.10. The third-order valence-corrected chi connectivity index (χ3v) is 4.68. The Kier molecular flexibility index (Phi) is 8.57. The van der Waals surface area contributed by atoms with Crippen molar-refractivity contribution in [1.29, 1.82) is 0 Å². The fourth-order valence-electron chi connectivity index (χ4n) is 3.10. The zero-order valence-electron chi connectivity index (χ0n) is 16.9. The van der Waals surface area contributed by atoms with Gasteiger partial charge in [0.2, 0.25) is 0 Å². The highest BCUT2D eigenvalue weighted by Crippen LogP contribution is 2.32. The Morgan fingerprint density at radius 2 is 1.79 bits per heavy atom. The van der Waals surface area contributed by atoms with Crippen molar-refractivity contribution < 1.29 is 22.8 Å². The highest BCUT2D eigenvalue weighted by atomic mass is 19.4. The van der Waals surface area contributed by atoms with Gasteiger partial charge >= 0.3 is 12.3 Å². The summed E-state index contributed by atoms with van der Waals surface area (Å²) in [5.41, 5.74) is 5.67. The van der Waals surface area contributed by atoms with Crippen LogP contribution in [0.25, 0.3) is 11.3 Å². The third-order valence-electron chi connectivity index (χ3n) is 4.68. The molecular formula is C20H26F3N3O2. The molecule has 0 aromatic carbocycles. The van der Waals surface area contributed by atoms with E-state index >= 15 is 0 Å². The van der Waals surface area contributed by atoms with Crippen molar-refractivity contribution in [3.63, 3.8) is 0 Å². The van der Waals surface area contributed by atoms with E-state index in [4.69, 9.17) is 9.59 Å². The Morgan fingerprint density at radius 1 is 1.18 bits per heavy atom. The first-order valence-corrected chi connectivity index (χ1v) is 9.24. The second kappa shape index (κ2) is 10.2. The predicted octanol–water partition coefficient (Wildman–Crippen LogP) is 4.56. The highest BCUT2D eigenvalue weighted by Gasteiger charge is 2.36. The van der Waals surface area contributed by atoms with Crippen molar-refractivity contribution in [3.05, 3.63) is 34.8 Å². The molecule has 28 heavy (non-hydrogen) atoms. The molecule has 0 fully saturated rings. The highest BCUT2D eigenvalue weighted by molar-refractivity contribution is 5.67. The normalized spacial score (nSPS) is 12.1. The van der Waals surface area contributed by atoms with E-state index in [1.165, 1.54) is 6.92 Å². The molecule has 5 nitrogen and oxygen atoms in total. The molecule has 0 aliphatic heterocycles. The van der Waals surface area contributed by atoms with Gasteiger partial charge in [0.15, 0.2) is 0 Å². The maximum Gasteiger partial charge on any atom is 0.391 e. The molecule has 2 heterocycles. The average molecular weight is 397 g/mol. The molecule has 0 spiro atoms. The Bertz CT molecular complexity index is 823. The lowest BCUT2D eigenvalue weighted by Crippen LogP contribution is -2.22. The van der Waals surface area contributed by atoms with Crippen LogP contribution in [0.1, 0.15) is 50.2 Å². The summed E-state index contributed by atoms with van der Waals surface area (Å²) in [5, 5.41) is 4.64. The zero-order valence-corrected chi connectivity index (χ0v) is 16.9. The first-order chi connectivity index (χ1) is 13.1. The lowest BCUT2D eigenvalue weighted by molar-refractivity contribution is -0.191. The lowest BCUT2D eigenvalue weighted by atomic mass is 9.97. The van der Waals surface area contributed by atoms with Crippen LogP contribution in [0, 0.1) is 12.8 Å². The largest absolute Gasteiger partial charge is 0.391 e. The summed E-state index contributed by atoms with van der Waals surface area (Å²) >= 11 is 0. The van der Waals surface area contributed by atoms with Crippen molar-refractivity contribution in [1.82, 2.24) is 14.8 Å². The molecule has 2 rings (SSSR count). The van der Waals surface area contributed by atoms with Crippen LogP contribution in [0.3, 0.4) is 0 Å². The minimum Gasteiger partial charge on any atom is -0.265 e. The van der Waals surface area contributed by atoms with Crippen molar-refractivity contribution in [3.8, 4) is 11.3 Å². The Labute approximate surface area is 163 Å². The SMILES string of the molecule is CCc1cc(C[C@@H](C)C(F)(F)F)ncc1-c1c(C)c(CC)nn1CC.O=C=O. The Morgan fingerprint density at radius 3 is 2.25 bits per heavy atom. The molecule has 2 aromatic rings. The lowest BCUT2D eigenvalue weighted by Gasteiger charge is -2.17. The van der Waals surface area contributed by atoms with E-state index in [-0.39, 0.29) is 12.6 Å². The summed E-state index contributed by atoms with van der Waals surface area (Å²) in [7, 11) is 0. The van der Waals surface area contributed by atoms with Gasteiger partial charge in [-0.2, -0.15) is 27.9 Å². The number of hydrogen-bond acceptors (Lipinski definition) is 4. The number of aryl methyl sites for hydroxylation is 3. The number of hydrogen-bond donors (Lipinski definition) is 0. The minimum absolute atomic E-state index is 0.0942. The molecule has 0 amide bonds. The Balaban J connectivity index is 0.00000122. The van der Waals surface area contributed by atoms with Crippen LogP contribution in [0.5, 0.6) is 0 Å². The van der Waals surface area contributed by atoms with E-state index in [0.717, 1.165) is 47.5 Å². The van der Waals surface area contributed by atoms with Gasteiger partial charge in [-0.05, 0) is 43.9 Å². The number of alkyl halides is 3. The third kappa shape index (κ3) is 5.52. The molecule has 0 saturated heterocycles. The fraction of sp³-hybridized carbons (Fsp3) is 0.550. The second-order valence-electron chi connectivity index (χ2n) is 6.51. The van der Waals surface area contributed by atoms with Gasteiger partial charge in [0.05, 0.1) is 17.3 Å². The van der Waals surface area contributed by atoms with E-state index in [1.807, 2.05) is 31.5 Å². The van der Waals surface area contributed by atoms with Crippen LogP contribution in [0.4, 0.5) is 13.2 Å². The number of aromatic nitrogens is 3. The average Bonchev–Trinajstić information content (AvgIpc) is 2.97. The van der Waals surface area contributed by atoms with Gasteiger partial charge in [0, 0.05) is 30.4 Å². The topological polar surface area (TPSA) is 64.8 Å². The quantitative estimate of drug-likeness (QED) is 0.717. The number of carbonyl (C=O) groups excluding carboxylic acids is 2. The van der Waals surface area contributed by atoms with Gasteiger partial charge in [-0.1, -0.05) is 20.8 Å². The first-order valence-electron chi connectivity index (χ1n) is 9.24. The summed E-state index contributed by atoms with van der Waals surface area (Å²) < 4.78 is 40.4. The summed E-state index contributed by atoms with van der Waals surface area (Å²) in [5.74, 6) is -1.40. The van der Waals surface area contributed by atoms with Gasteiger partial charge in [0.1, 0.15) is 0 Å². The molecule has 2 aromatic heterocycles. The monoisotopic (exact) mass is 397 g/mol. The minimum atomic E-state index is -4.19. The number of rotatable bonds is 6. The number of nitrogens with zero attached hydrogens (tertiary/aromatic N) is 3. The van der Waals surface area contributed by atoms with Crippen LogP contribution in [-0.4, -0.2) is 27.1 Å². The smallest absolute Gasteiger partial charge is 0.265 e. The van der Waals surface area contributed by atoms with Crippen LogP contribution >= 0.6 is 0 Å². The first kappa shape index (κ1) is 23.6.